The van der Waals surface area contributed by atoms with Crippen molar-refractivity contribution < 1.29 is 23.1 Å². The zero-order chi connectivity index (χ0) is 15.0. The molecule has 20 heavy (non-hydrogen) atoms. The monoisotopic (exact) mass is 319 g/mol. The van der Waals surface area contributed by atoms with Crippen LogP contribution in [0, 0.1) is 0 Å². The van der Waals surface area contributed by atoms with Crippen LogP contribution in [0.1, 0.15) is 18.7 Å². The minimum Gasteiger partial charge on any atom is -0.480 e. The maximum absolute atomic E-state index is 12.3. The van der Waals surface area contributed by atoms with Crippen molar-refractivity contribution in [2.75, 3.05) is 19.7 Å². The van der Waals surface area contributed by atoms with Gasteiger partial charge in [0, 0.05) is 18.0 Å². The molecule has 0 aromatic carbocycles. The lowest BCUT2D eigenvalue weighted by Crippen LogP contribution is -2.63. The van der Waals surface area contributed by atoms with Crippen molar-refractivity contribution in [1.82, 2.24) is 4.31 Å². The van der Waals surface area contributed by atoms with Crippen LogP contribution in [0.15, 0.2) is 16.3 Å². The van der Waals surface area contributed by atoms with E-state index in [1.54, 1.807) is 13.0 Å². The van der Waals surface area contributed by atoms with E-state index in [0.717, 1.165) is 11.3 Å². The first-order chi connectivity index (χ1) is 9.27. The minimum atomic E-state index is -3.48. The lowest BCUT2D eigenvalue weighted by atomic mass is 10.0. The van der Waals surface area contributed by atoms with Crippen LogP contribution in [-0.4, -0.2) is 49.1 Å². The van der Waals surface area contributed by atoms with E-state index in [4.69, 9.17) is 9.84 Å². The van der Waals surface area contributed by atoms with Gasteiger partial charge in [0.15, 0.2) is 0 Å². The van der Waals surface area contributed by atoms with Crippen molar-refractivity contribution >= 4 is 27.3 Å². The fourth-order valence-electron chi connectivity index (χ4n) is 2.01. The Hall–Kier alpha value is -0.960. The Bertz CT molecular complexity index is 601. The summed E-state index contributed by atoms with van der Waals surface area (Å²) in [6.45, 7) is 3.64. The van der Waals surface area contributed by atoms with Gasteiger partial charge in [-0.3, -0.25) is 0 Å². The Kier molecular flexibility index (Phi) is 4.19. The summed E-state index contributed by atoms with van der Waals surface area (Å²) >= 11 is 1.27. The molecule has 1 aliphatic heterocycles. The smallest absolute Gasteiger partial charge is 0.329 e. The molecule has 1 saturated heterocycles. The van der Waals surface area contributed by atoms with Crippen molar-refractivity contribution in [1.29, 1.82) is 0 Å². The van der Waals surface area contributed by atoms with Gasteiger partial charge in [0.1, 0.15) is 10.8 Å². The number of carboxylic acids is 1. The van der Waals surface area contributed by atoms with Crippen LogP contribution in [-0.2, 0) is 26.0 Å². The molecular formula is C12H17NO5S2. The third kappa shape index (κ3) is 3.03. The van der Waals surface area contributed by atoms with Gasteiger partial charge in [0.25, 0.3) is 10.0 Å². The molecule has 1 N–H and O–H groups in total. The van der Waals surface area contributed by atoms with E-state index >= 15 is 0 Å². The number of rotatable bonds is 6. The summed E-state index contributed by atoms with van der Waals surface area (Å²) < 4.78 is 31.5. The molecule has 0 amide bonds. The van der Waals surface area contributed by atoms with Crippen molar-refractivity contribution in [3.8, 4) is 0 Å². The van der Waals surface area contributed by atoms with Gasteiger partial charge in [-0.2, -0.15) is 4.31 Å². The molecule has 0 radical (unpaired) electrons. The second-order valence-electron chi connectivity index (χ2n) is 4.98. The number of ether oxygens (including phenoxy) is 1. The predicted octanol–water partition coefficient (Wildman–Crippen LogP) is 1.17. The highest BCUT2D eigenvalue weighted by Crippen LogP contribution is 2.33. The highest BCUT2D eigenvalue weighted by atomic mass is 32.2. The summed E-state index contributed by atoms with van der Waals surface area (Å²) in [6.07, 6.45) is 0.805. The molecule has 2 heterocycles. The highest BCUT2D eigenvalue weighted by Gasteiger charge is 2.46. The van der Waals surface area contributed by atoms with Crippen molar-refractivity contribution in [2.24, 2.45) is 0 Å². The molecule has 1 aromatic rings. The first-order valence-electron chi connectivity index (χ1n) is 6.21. The second-order valence-corrected chi connectivity index (χ2v) is 8.31. The average Bonchev–Trinajstić information content (AvgIpc) is 2.82. The fraction of sp³-hybridized carbons (Fsp3) is 0.583. The molecule has 112 valence electrons. The third-order valence-corrected chi connectivity index (χ3v) is 6.63. The molecule has 0 aliphatic carbocycles. The molecule has 0 saturated carbocycles. The Labute approximate surface area is 122 Å². The van der Waals surface area contributed by atoms with Gasteiger partial charge in [-0.1, -0.05) is 6.92 Å². The van der Waals surface area contributed by atoms with Crippen molar-refractivity contribution in [2.45, 2.75) is 30.1 Å². The average molecular weight is 319 g/mol. The maximum atomic E-state index is 12.3. The van der Waals surface area contributed by atoms with Crippen LogP contribution < -0.4 is 0 Å². The topological polar surface area (TPSA) is 83.9 Å². The number of aryl methyl sites for hydroxylation is 1. The minimum absolute atomic E-state index is 0.183. The largest absolute Gasteiger partial charge is 0.480 e. The number of nitrogens with zero attached hydrogens (tertiary/aromatic N) is 1. The van der Waals surface area contributed by atoms with Crippen LogP contribution in [0.2, 0.25) is 0 Å². The SMILES string of the molecule is CCc1ccc(S(=O)(=O)N2CC(C)(OCC(=O)O)C2)s1. The number of carbonyl (C=O) groups is 1. The van der Waals surface area contributed by atoms with Crippen LogP contribution in [0.25, 0.3) is 0 Å². The number of sulfonamides is 1. The van der Waals surface area contributed by atoms with E-state index in [2.05, 4.69) is 0 Å². The van der Waals surface area contributed by atoms with E-state index in [-0.39, 0.29) is 13.1 Å². The summed E-state index contributed by atoms with van der Waals surface area (Å²) in [5.74, 6) is -1.06. The highest BCUT2D eigenvalue weighted by molar-refractivity contribution is 7.91. The molecule has 8 heteroatoms. The standard InChI is InChI=1S/C12H17NO5S2/c1-3-9-4-5-11(19-9)20(16,17)13-7-12(2,8-13)18-6-10(14)15/h4-5H,3,6-8H2,1-2H3,(H,14,15). The van der Waals surface area contributed by atoms with Crippen molar-refractivity contribution in [3.05, 3.63) is 17.0 Å². The zero-order valence-corrected chi connectivity index (χ0v) is 13.0. The van der Waals surface area contributed by atoms with Crippen LogP contribution in [0.5, 0.6) is 0 Å². The van der Waals surface area contributed by atoms with Crippen LogP contribution in [0.4, 0.5) is 0 Å². The molecule has 1 aliphatic rings. The van der Waals surface area contributed by atoms with Crippen molar-refractivity contribution in [3.63, 3.8) is 0 Å². The van der Waals surface area contributed by atoms with Gasteiger partial charge in [0.05, 0.1) is 5.60 Å². The van der Waals surface area contributed by atoms with Gasteiger partial charge in [0.2, 0.25) is 0 Å². The maximum Gasteiger partial charge on any atom is 0.329 e. The molecule has 1 aromatic heterocycles. The number of hydrogen-bond donors (Lipinski definition) is 1. The van der Waals surface area contributed by atoms with Gasteiger partial charge >= 0.3 is 5.97 Å². The molecule has 1 fully saturated rings. The molecule has 0 unspecified atom stereocenters. The van der Waals surface area contributed by atoms with Gasteiger partial charge < -0.3 is 9.84 Å². The summed E-state index contributed by atoms with van der Waals surface area (Å²) in [4.78, 5) is 11.5. The number of aliphatic carboxylic acids is 1. The molecular weight excluding hydrogens is 302 g/mol. The molecule has 0 spiro atoms. The van der Waals surface area contributed by atoms with Gasteiger partial charge in [-0.05, 0) is 25.5 Å². The summed E-state index contributed by atoms with van der Waals surface area (Å²) in [5.41, 5.74) is -0.712. The summed E-state index contributed by atoms with van der Waals surface area (Å²) in [7, 11) is -3.48. The van der Waals surface area contributed by atoms with E-state index in [1.165, 1.54) is 15.6 Å². The Balaban J connectivity index is 2.02. The number of carboxylic acid groups (broad SMARTS) is 1. The molecule has 6 nitrogen and oxygen atoms in total. The van der Waals surface area contributed by atoms with E-state index in [9.17, 15) is 13.2 Å². The number of thiophene rings is 1. The van der Waals surface area contributed by atoms with Gasteiger partial charge in [-0.25, -0.2) is 13.2 Å². The molecule has 0 atom stereocenters. The Morgan fingerprint density at radius 1 is 1.50 bits per heavy atom. The fourth-order valence-corrected chi connectivity index (χ4v) is 5.13. The normalized spacial score (nSPS) is 18.7. The third-order valence-electron chi connectivity index (χ3n) is 3.15. The number of hydrogen-bond acceptors (Lipinski definition) is 5. The zero-order valence-electron chi connectivity index (χ0n) is 11.3. The summed E-state index contributed by atoms with van der Waals surface area (Å²) in [6, 6.07) is 3.43. The lowest BCUT2D eigenvalue weighted by Gasteiger charge is -2.45. The predicted molar refractivity (Wildman–Crippen MR) is 74.4 cm³/mol. The van der Waals surface area contributed by atoms with E-state index < -0.39 is 28.2 Å². The first kappa shape index (κ1) is 15.4. The Morgan fingerprint density at radius 3 is 2.65 bits per heavy atom. The van der Waals surface area contributed by atoms with Gasteiger partial charge in [-0.15, -0.1) is 11.3 Å². The van der Waals surface area contributed by atoms with E-state index in [1.807, 2.05) is 13.0 Å². The second kappa shape index (κ2) is 5.44. The molecule has 0 bridgehead atoms. The quantitative estimate of drug-likeness (QED) is 0.851. The van der Waals surface area contributed by atoms with Crippen LogP contribution in [0.3, 0.4) is 0 Å². The van der Waals surface area contributed by atoms with Crippen LogP contribution >= 0.6 is 11.3 Å². The van der Waals surface area contributed by atoms with E-state index in [0.29, 0.717) is 4.21 Å². The first-order valence-corrected chi connectivity index (χ1v) is 8.47. The molecule has 2 rings (SSSR count). The summed E-state index contributed by atoms with van der Waals surface area (Å²) in [5, 5.41) is 8.57. The lowest BCUT2D eigenvalue weighted by molar-refractivity contribution is -0.157. The Morgan fingerprint density at radius 2 is 2.15 bits per heavy atom.